The second kappa shape index (κ2) is 6.03. The second-order valence-corrected chi connectivity index (χ2v) is 7.22. The van der Waals surface area contributed by atoms with E-state index in [2.05, 4.69) is 23.2 Å². The van der Waals surface area contributed by atoms with Gasteiger partial charge in [-0.25, -0.2) is 0 Å². The molecule has 3 nitrogen and oxygen atoms in total. The van der Waals surface area contributed by atoms with Crippen LogP contribution in [0.15, 0.2) is 0 Å². The van der Waals surface area contributed by atoms with Gasteiger partial charge in [-0.1, -0.05) is 13.3 Å². The van der Waals surface area contributed by atoms with Crippen molar-refractivity contribution in [3.8, 4) is 6.07 Å². The standard InChI is InChI=1S/C17H29N3/c1-2-20(12-14-5-6-14)11-9-15-4-3-10-17(15,13-18)19-16-7-8-16/h14-16,19H,2-12H2,1H3. The van der Waals surface area contributed by atoms with Gasteiger partial charge >= 0.3 is 0 Å². The van der Waals surface area contributed by atoms with E-state index in [1.54, 1.807) is 0 Å². The molecule has 0 aromatic rings. The van der Waals surface area contributed by atoms with Gasteiger partial charge in [0.2, 0.25) is 0 Å². The first-order valence-corrected chi connectivity index (χ1v) is 8.67. The van der Waals surface area contributed by atoms with Gasteiger partial charge in [-0.15, -0.1) is 0 Å². The molecule has 0 radical (unpaired) electrons. The van der Waals surface area contributed by atoms with Crippen LogP contribution in [-0.4, -0.2) is 36.1 Å². The topological polar surface area (TPSA) is 39.1 Å². The molecule has 112 valence electrons. The largest absolute Gasteiger partial charge is 0.303 e. The van der Waals surface area contributed by atoms with Crippen molar-refractivity contribution in [1.29, 1.82) is 5.26 Å². The average molecular weight is 275 g/mol. The predicted octanol–water partition coefficient (Wildman–Crippen LogP) is 2.92. The summed E-state index contributed by atoms with van der Waals surface area (Å²) in [7, 11) is 0. The van der Waals surface area contributed by atoms with E-state index in [4.69, 9.17) is 0 Å². The van der Waals surface area contributed by atoms with Crippen LogP contribution < -0.4 is 5.32 Å². The van der Waals surface area contributed by atoms with Crippen molar-refractivity contribution in [3.63, 3.8) is 0 Å². The third-order valence-corrected chi connectivity index (χ3v) is 5.51. The van der Waals surface area contributed by atoms with E-state index in [9.17, 15) is 5.26 Å². The fourth-order valence-corrected chi connectivity index (χ4v) is 3.81. The highest BCUT2D eigenvalue weighted by Gasteiger charge is 2.45. The first-order valence-electron chi connectivity index (χ1n) is 8.67. The van der Waals surface area contributed by atoms with Crippen LogP contribution in [0.2, 0.25) is 0 Å². The Hall–Kier alpha value is -0.590. The number of nitrogens with one attached hydrogen (secondary N) is 1. The van der Waals surface area contributed by atoms with Crippen molar-refractivity contribution in [2.45, 2.75) is 69.9 Å². The van der Waals surface area contributed by atoms with Crippen LogP contribution in [-0.2, 0) is 0 Å². The summed E-state index contributed by atoms with van der Waals surface area (Å²) in [4.78, 5) is 2.61. The summed E-state index contributed by atoms with van der Waals surface area (Å²) >= 11 is 0. The van der Waals surface area contributed by atoms with Gasteiger partial charge in [0, 0.05) is 12.6 Å². The molecule has 0 aromatic heterocycles. The van der Waals surface area contributed by atoms with Crippen LogP contribution in [0.3, 0.4) is 0 Å². The molecule has 0 amide bonds. The molecule has 3 fully saturated rings. The molecule has 0 aliphatic heterocycles. The maximum atomic E-state index is 9.72. The fraction of sp³-hybridized carbons (Fsp3) is 0.941. The van der Waals surface area contributed by atoms with Crippen LogP contribution in [0.4, 0.5) is 0 Å². The minimum Gasteiger partial charge on any atom is -0.303 e. The number of nitriles is 1. The van der Waals surface area contributed by atoms with Crippen molar-refractivity contribution in [2.24, 2.45) is 11.8 Å². The lowest BCUT2D eigenvalue weighted by molar-refractivity contribution is 0.222. The third-order valence-electron chi connectivity index (χ3n) is 5.51. The van der Waals surface area contributed by atoms with E-state index in [1.165, 1.54) is 64.6 Å². The Morgan fingerprint density at radius 3 is 2.65 bits per heavy atom. The average Bonchev–Trinajstić information content (AvgIpc) is 3.37. The molecule has 2 atom stereocenters. The summed E-state index contributed by atoms with van der Waals surface area (Å²) in [6.45, 7) is 5.92. The third kappa shape index (κ3) is 3.35. The second-order valence-electron chi connectivity index (χ2n) is 7.22. The zero-order chi connectivity index (χ0) is 14.0. The molecule has 0 heterocycles. The summed E-state index contributed by atoms with van der Waals surface area (Å²) < 4.78 is 0. The van der Waals surface area contributed by atoms with E-state index in [1.807, 2.05) is 0 Å². The zero-order valence-corrected chi connectivity index (χ0v) is 12.9. The van der Waals surface area contributed by atoms with Gasteiger partial charge in [-0.05, 0) is 69.9 Å². The molecular weight excluding hydrogens is 246 g/mol. The van der Waals surface area contributed by atoms with Crippen molar-refractivity contribution >= 4 is 0 Å². The number of nitrogens with zero attached hydrogens (tertiary/aromatic N) is 2. The van der Waals surface area contributed by atoms with E-state index in [0.29, 0.717) is 12.0 Å². The molecule has 0 aromatic carbocycles. The molecule has 3 aliphatic rings. The molecule has 1 N–H and O–H groups in total. The van der Waals surface area contributed by atoms with Gasteiger partial charge in [0.1, 0.15) is 5.54 Å². The zero-order valence-electron chi connectivity index (χ0n) is 12.9. The summed E-state index contributed by atoms with van der Waals surface area (Å²) in [6.07, 6.45) is 10.2. The van der Waals surface area contributed by atoms with Crippen molar-refractivity contribution < 1.29 is 0 Å². The molecule has 3 saturated carbocycles. The van der Waals surface area contributed by atoms with E-state index in [-0.39, 0.29) is 5.54 Å². The normalized spacial score (nSPS) is 33.5. The first-order chi connectivity index (χ1) is 9.75. The van der Waals surface area contributed by atoms with Crippen LogP contribution in [0.1, 0.15) is 58.3 Å². The lowest BCUT2D eigenvalue weighted by atomic mass is 9.85. The van der Waals surface area contributed by atoms with Crippen molar-refractivity contribution in [2.75, 3.05) is 19.6 Å². The van der Waals surface area contributed by atoms with Gasteiger partial charge in [-0.2, -0.15) is 5.26 Å². The minimum atomic E-state index is -0.194. The van der Waals surface area contributed by atoms with Gasteiger partial charge in [-0.3, -0.25) is 5.32 Å². The quantitative estimate of drug-likeness (QED) is 0.740. The lowest BCUT2D eigenvalue weighted by Crippen LogP contribution is -2.49. The predicted molar refractivity (Wildman–Crippen MR) is 81.3 cm³/mol. The Balaban J connectivity index is 1.52. The molecule has 0 bridgehead atoms. The maximum absolute atomic E-state index is 9.72. The van der Waals surface area contributed by atoms with E-state index in [0.717, 1.165) is 12.3 Å². The summed E-state index contributed by atoms with van der Waals surface area (Å²) in [5.41, 5.74) is -0.194. The van der Waals surface area contributed by atoms with Crippen LogP contribution in [0, 0.1) is 23.2 Å². The highest BCUT2D eigenvalue weighted by atomic mass is 15.1. The van der Waals surface area contributed by atoms with Gasteiger partial charge < -0.3 is 4.90 Å². The lowest BCUT2D eigenvalue weighted by Gasteiger charge is -2.32. The van der Waals surface area contributed by atoms with Gasteiger partial charge in [0.15, 0.2) is 0 Å². The van der Waals surface area contributed by atoms with Crippen LogP contribution in [0.5, 0.6) is 0 Å². The minimum absolute atomic E-state index is 0.194. The van der Waals surface area contributed by atoms with Gasteiger partial charge in [0.05, 0.1) is 6.07 Å². The maximum Gasteiger partial charge on any atom is 0.109 e. The smallest absolute Gasteiger partial charge is 0.109 e. The number of hydrogen-bond acceptors (Lipinski definition) is 3. The Kier molecular flexibility index (Phi) is 4.33. The summed E-state index contributed by atoms with van der Waals surface area (Å²) in [5, 5.41) is 13.4. The van der Waals surface area contributed by atoms with E-state index >= 15 is 0 Å². The Morgan fingerprint density at radius 2 is 2.05 bits per heavy atom. The number of rotatable bonds is 8. The molecule has 3 aliphatic carbocycles. The Morgan fingerprint density at radius 1 is 1.25 bits per heavy atom. The Labute approximate surface area is 123 Å². The SMILES string of the molecule is CCN(CCC1CCCC1(C#N)NC1CC1)CC1CC1. The molecule has 20 heavy (non-hydrogen) atoms. The van der Waals surface area contributed by atoms with Crippen molar-refractivity contribution in [1.82, 2.24) is 10.2 Å². The fourth-order valence-electron chi connectivity index (χ4n) is 3.81. The molecular formula is C17H29N3. The molecule has 0 saturated heterocycles. The summed E-state index contributed by atoms with van der Waals surface area (Å²) in [5.74, 6) is 1.55. The van der Waals surface area contributed by atoms with Crippen molar-refractivity contribution in [3.05, 3.63) is 0 Å². The Bertz CT molecular complexity index is 367. The molecule has 0 spiro atoms. The van der Waals surface area contributed by atoms with Gasteiger partial charge in [0.25, 0.3) is 0 Å². The van der Waals surface area contributed by atoms with Crippen LogP contribution in [0.25, 0.3) is 0 Å². The number of hydrogen-bond donors (Lipinski definition) is 1. The molecule has 3 rings (SSSR count). The van der Waals surface area contributed by atoms with E-state index < -0.39 is 0 Å². The highest BCUT2D eigenvalue weighted by molar-refractivity contribution is 5.16. The highest BCUT2D eigenvalue weighted by Crippen LogP contribution is 2.40. The first kappa shape index (κ1) is 14.4. The molecule has 2 unspecified atom stereocenters. The van der Waals surface area contributed by atoms with Crippen LogP contribution >= 0.6 is 0 Å². The summed E-state index contributed by atoms with van der Waals surface area (Å²) in [6, 6.07) is 3.31. The molecule has 3 heteroatoms. The monoisotopic (exact) mass is 275 g/mol.